The van der Waals surface area contributed by atoms with Gasteiger partial charge in [0.2, 0.25) is 0 Å². The van der Waals surface area contributed by atoms with Crippen LogP contribution in [0.2, 0.25) is 0 Å². The minimum absolute atomic E-state index is 0.0725. The highest BCUT2D eigenvalue weighted by atomic mass is 19.4. The molecule has 1 unspecified atom stereocenters. The first-order chi connectivity index (χ1) is 15.3. The predicted molar refractivity (Wildman–Crippen MR) is 108 cm³/mol. The van der Waals surface area contributed by atoms with E-state index in [9.17, 15) is 40.3 Å². The highest BCUT2D eigenvalue weighted by Crippen LogP contribution is 2.48. The number of rotatable bonds is 18. The molecule has 0 fully saturated rings. The average Bonchev–Trinajstić information content (AvgIpc) is 2.70. The van der Waals surface area contributed by atoms with Crippen molar-refractivity contribution in [3.05, 3.63) is 0 Å². The van der Waals surface area contributed by atoms with E-state index < -0.39 is 49.1 Å². The van der Waals surface area contributed by atoms with Crippen molar-refractivity contribution >= 4 is 11.9 Å². The summed E-state index contributed by atoms with van der Waals surface area (Å²) in [5, 5.41) is 0. The Morgan fingerprint density at radius 3 is 1.61 bits per heavy atom. The lowest BCUT2D eigenvalue weighted by Crippen LogP contribution is -2.53. The van der Waals surface area contributed by atoms with Crippen molar-refractivity contribution in [3.63, 3.8) is 0 Å². The SMILES string of the molecule is CCCCCCCC(=O)OCC(CC(F)(F)C(F)(F)C(F)(F)F)OC(=O)CCCCCCC. The Labute approximate surface area is 190 Å². The summed E-state index contributed by atoms with van der Waals surface area (Å²) in [6.45, 7) is 2.94. The van der Waals surface area contributed by atoms with Crippen molar-refractivity contribution in [2.45, 2.75) is 121 Å². The van der Waals surface area contributed by atoms with Crippen LogP contribution >= 0.6 is 0 Å². The molecule has 33 heavy (non-hydrogen) atoms. The number of carbonyl (C=O) groups excluding carboxylic acids is 2. The number of hydrogen-bond donors (Lipinski definition) is 0. The van der Waals surface area contributed by atoms with E-state index in [1.807, 2.05) is 13.8 Å². The molecule has 0 radical (unpaired) electrons. The first kappa shape index (κ1) is 31.4. The lowest BCUT2D eigenvalue weighted by molar-refractivity contribution is -0.358. The monoisotopic (exact) mass is 496 g/mol. The van der Waals surface area contributed by atoms with E-state index in [4.69, 9.17) is 9.47 Å². The number of esters is 2. The molecular formula is C22H35F7O4. The molecule has 0 heterocycles. The summed E-state index contributed by atoms with van der Waals surface area (Å²) < 4.78 is 101. The van der Waals surface area contributed by atoms with Gasteiger partial charge >= 0.3 is 30.0 Å². The van der Waals surface area contributed by atoms with E-state index in [0.717, 1.165) is 44.9 Å². The number of halogens is 7. The van der Waals surface area contributed by atoms with Gasteiger partial charge in [0.15, 0.2) is 0 Å². The Morgan fingerprint density at radius 2 is 1.15 bits per heavy atom. The molecular weight excluding hydrogens is 461 g/mol. The summed E-state index contributed by atoms with van der Waals surface area (Å²) in [6, 6.07) is 0. The fourth-order valence-electron chi connectivity index (χ4n) is 3.00. The Balaban J connectivity index is 4.98. The Hall–Kier alpha value is -1.55. The molecule has 11 heteroatoms. The minimum atomic E-state index is -6.50. The second-order valence-corrected chi connectivity index (χ2v) is 8.10. The van der Waals surface area contributed by atoms with Crippen LogP contribution in [0.1, 0.15) is 97.3 Å². The van der Waals surface area contributed by atoms with Crippen LogP contribution in [0, 0.1) is 0 Å². The largest absolute Gasteiger partial charge is 0.462 e. The number of alkyl halides is 7. The molecule has 1 atom stereocenters. The molecule has 0 saturated carbocycles. The van der Waals surface area contributed by atoms with Gasteiger partial charge < -0.3 is 9.47 Å². The van der Waals surface area contributed by atoms with Crippen molar-refractivity contribution in [1.29, 1.82) is 0 Å². The van der Waals surface area contributed by atoms with Gasteiger partial charge in [-0.3, -0.25) is 9.59 Å². The Kier molecular flexibility index (Phi) is 14.6. The van der Waals surface area contributed by atoms with E-state index in [0.29, 0.717) is 19.3 Å². The number of ether oxygens (including phenoxy) is 2. The lowest BCUT2D eigenvalue weighted by Gasteiger charge is -2.30. The molecule has 0 bridgehead atoms. The van der Waals surface area contributed by atoms with E-state index in [2.05, 4.69) is 0 Å². The molecule has 0 aromatic rings. The van der Waals surface area contributed by atoms with E-state index in [-0.39, 0.29) is 12.8 Å². The van der Waals surface area contributed by atoms with Crippen molar-refractivity contribution in [3.8, 4) is 0 Å². The van der Waals surface area contributed by atoms with E-state index >= 15 is 0 Å². The second kappa shape index (κ2) is 15.4. The van der Waals surface area contributed by atoms with Gasteiger partial charge in [-0.15, -0.1) is 0 Å². The molecule has 0 amide bonds. The summed E-state index contributed by atoms with van der Waals surface area (Å²) in [7, 11) is 0. The highest BCUT2D eigenvalue weighted by molar-refractivity contribution is 5.70. The predicted octanol–water partition coefficient (Wildman–Crippen LogP) is 7.39. The summed E-state index contributed by atoms with van der Waals surface area (Å²) >= 11 is 0. The molecule has 4 nitrogen and oxygen atoms in total. The van der Waals surface area contributed by atoms with Crippen LogP contribution in [0.15, 0.2) is 0 Å². The van der Waals surface area contributed by atoms with Gasteiger partial charge in [-0.2, -0.15) is 30.7 Å². The third kappa shape index (κ3) is 12.5. The first-order valence-electron chi connectivity index (χ1n) is 11.5. The summed E-state index contributed by atoms with van der Waals surface area (Å²) in [4.78, 5) is 23.7. The van der Waals surface area contributed by atoms with Crippen LogP contribution in [0.25, 0.3) is 0 Å². The van der Waals surface area contributed by atoms with E-state index in [1.54, 1.807) is 0 Å². The normalized spacial score (nSPS) is 13.6. The van der Waals surface area contributed by atoms with Gasteiger partial charge in [0, 0.05) is 12.8 Å². The zero-order chi connectivity index (χ0) is 25.5. The highest BCUT2D eigenvalue weighted by Gasteiger charge is 2.73. The number of hydrogen-bond acceptors (Lipinski definition) is 4. The van der Waals surface area contributed by atoms with Gasteiger partial charge in [0.25, 0.3) is 0 Å². The zero-order valence-electron chi connectivity index (χ0n) is 19.3. The molecule has 0 spiro atoms. The Morgan fingerprint density at radius 1 is 0.697 bits per heavy atom. The summed E-state index contributed by atoms with van der Waals surface area (Å²) in [5.41, 5.74) is 0. The molecule has 0 aromatic carbocycles. The fourth-order valence-corrected chi connectivity index (χ4v) is 3.00. The van der Waals surface area contributed by atoms with Crippen LogP contribution in [0.3, 0.4) is 0 Å². The molecule has 0 aromatic heterocycles. The quantitative estimate of drug-likeness (QED) is 0.113. The third-order valence-corrected chi connectivity index (χ3v) is 5.00. The van der Waals surface area contributed by atoms with Gasteiger partial charge in [0.05, 0.1) is 6.42 Å². The first-order valence-corrected chi connectivity index (χ1v) is 11.5. The third-order valence-electron chi connectivity index (χ3n) is 5.00. The zero-order valence-corrected chi connectivity index (χ0v) is 19.3. The smallest absolute Gasteiger partial charge is 0.459 e. The van der Waals surface area contributed by atoms with Gasteiger partial charge in [-0.1, -0.05) is 65.2 Å². The fraction of sp³-hybridized carbons (Fsp3) is 0.909. The summed E-state index contributed by atoms with van der Waals surface area (Å²) in [6.07, 6.45) is -3.40. The van der Waals surface area contributed by atoms with Crippen LogP contribution in [-0.4, -0.2) is 42.7 Å². The molecule has 0 aliphatic rings. The van der Waals surface area contributed by atoms with Crippen molar-refractivity contribution in [2.24, 2.45) is 0 Å². The van der Waals surface area contributed by atoms with Crippen LogP contribution in [0.5, 0.6) is 0 Å². The maximum Gasteiger partial charge on any atom is 0.459 e. The molecule has 0 saturated heterocycles. The van der Waals surface area contributed by atoms with Crippen LogP contribution in [-0.2, 0) is 19.1 Å². The van der Waals surface area contributed by atoms with Gasteiger partial charge in [-0.25, -0.2) is 0 Å². The molecule has 0 aliphatic heterocycles. The second-order valence-electron chi connectivity index (χ2n) is 8.10. The van der Waals surface area contributed by atoms with Crippen molar-refractivity contribution in [1.82, 2.24) is 0 Å². The Bertz CT molecular complexity index is 565. The average molecular weight is 497 g/mol. The number of carbonyl (C=O) groups is 2. The van der Waals surface area contributed by atoms with Crippen LogP contribution in [0.4, 0.5) is 30.7 Å². The van der Waals surface area contributed by atoms with Gasteiger partial charge in [0.1, 0.15) is 12.7 Å². The molecule has 0 rings (SSSR count). The lowest BCUT2D eigenvalue weighted by atomic mass is 10.0. The van der Waals surface area contributed by atoms with E-state index in [1.165, 1.54) is 0 Å². The van der Waals surface area contributed by atoms with Crippen molar-refractivity contribution < 1.29 is 49.8 Å². The maximum absolute atomic E-state index is 13.8. The molecule has 0 N–H and O–H groups in total. The van der Waals surface area contributed by atoms with Crippen LogP contribution < -0.4 is 0 Å². The summed E-state index contributed by atoms with van der Waals surface area (Å²) in [5.74, 6) is -13.8. The number of unbranched alkanes of at least 4 members (excludes halogenated alkanes) is 8. The van der Waals surface area contributed by atoms with Gasteiger partial charge in [-0.05, 0) is 12.8 Å². The molecule has 0 aliphatic carbocycles. The maximum atomic E-state index is 13.8. The molecule has 196 valence electrons. The standard InChI is InChI=1S/C22H35F7O4/c1-3-5-7-9-11-13-18(30)32-16-17(33-19(31)14-12-10-8-6-4-2)15-20(23,24)21(25,26)22(27,28)29/h17H,3-16H2,1-2H3. The topological polar surface area (TPSA) is 52.6 Å². The van der Waals surface area contributed by atoms with Crippen molar-refractivity contribution in [2.75, 3.05) is 6.61 Å². The minimum Gasteiger partial charge on any atom is -0.462 e.